The Morgan fingerprint density at radius 1 is 1.25 bits per heavy atom. The van der Waals surface area contributed by atoms with Gasteiger partial charge in [-0.1, -0.05) is 6.42 Å². The molecule has 1 heterocycles. The van der Waals surface area contributed by atoms with E-state index >= 15 is 0 Å². The Labute approximate surface area is 101 Å². The number of unbranched alkanes of at least 4 members (excludes halogenated alkanes) is 2. The fourth-order valence-electron chi connectivity index (χ4n) is 2.47. The lowest BCUT2D eigenvalue weighted by molar-refractivity contribution is 0.131. The van der Waals surface area contributed by atoms with Crippen LogP contribution >= 0.6 is 0 Å². The molecule has 3 heteroatoms. The van der Waals surface area contributed by atoms with Crippen LogP contribution in [0.1, 0.15) is 32.1 Å². The van der Waals surface area contributed by atoms with Crippen LogP contribution in [0.3, 0.4) is 0 Å². The quantitative estimate of drug-likeness (QED) is 0.663. The minimum absolute atomic E-state index is 0.783. The van der Waals surface area contributed by atoms with Crippen molar-refractivity contribution in [1.82, 2.24) is 15.1 Å². The van der Waals surface area contributed by atoms with Gasteiger partial charge in [0.15, 0.2) is 0 Å². The topological polar surface area (TPSA) is 18.5 Å². The van der Waals surface area contributed by atoms with Crippen molar-refractivity contribution in [3.05, 3.63) is 0 Å². The van der Waals surface area contributed by atoms with Gasteiger partial charge >= 0.3 is 0 Å². The maximum Gasteiger partial charge on any atom is 0.0217 e. The molecular weight excluding hydrogens is 198 g/mol. The average molecular weight is 227 g/mol. The summed E-state index contributed by atoms with van der Waals surface area (Å²) in [5, 5.41) is 3.21. The third-order valence-electron chi connectivity index (χ3n) is 3.61. The summed E-state index contributed by atoms with van der Waals surface area (Å²) in [6.45, 7) is 5.06. The van der Waals surface area contributed by atoms with Crippen molar-refractivity contribution in [3.63, 3.8) is 0 Å². The van der Waals surface area contributed by atoms with E-state index in [1.807, 2.05) is 7.05 Å². The number of likely N-dealkylation sites (tertiary alicyclic amines) is 1. The summed E-state index contributed by atoms with van der Waals surface area (Å²) < 4.78 is 0. The van der Waals surface area contributed by atoms with Crippen LogP contribution in [-0.4, -0.2) is 63.2 Å². The van der Waals surface area contributed by atoms with Crippen molar-refractivity contribution in [2.75, 3.05) is 47.3 Å². The molecule has 1 saturated heterocycles. The molecule has 1 aliphatic heterocycles. The number of rotatable bonds is 7. The zero-order valence-corrected chi connectivity index (χ0v) is 11.3. The number of hydrogen-bond acceptors (Lipinski definition) is 3. The second kappa shape index (κ2) is 8.04. The van der Waals surface area contributed by atoms with Crippen LogP contribution in [0.25, 0.3) is 0 Å². The van der Waals surface area contributed by atoms with Crippen molar-refractivity contribution < 1.29 is 0 Å². The Kier molecular flexibility index (Phi) is 7.01. The van der Waals surface area contributed by atoms with E-state index in [0.29, 0.717) is 0 Å². The zero-order valence-electron chi connectivity index (χ0n) is 11.3. The highest BCUT2D eigenvalue weighted by Gasteiger charge is 2.20. The standard InChI is InChI=1S/C13H29N3/c1-14-9-5-4-6-10-16-11-7-8-13(12-16)15(2)3/h13-14H,4-12H2,1-3H3. The van der Waals surface area contributed by atoms with Crippen LogP contribution in [0.2, 0.25) is 0 Å². The molecule has 1 rings (SSSR count). The summed E-state index contributed by atoms with van der Waals surface area (Å²) in [7, 11) is 6.45. The molecule has 1 unspecified atom stereocenters. The van der Waals surface area contributed by atoms with Gasteiger partial charge in [-0.25, -0.2) is 0 Å². The lowest BCUT2D eigenvalue weighted by Crippen LogP contribution is -2.45. The first-order valence-corrected chi connectivity index (χ1v) is 6.77. The molecule has 96 valence electrons. The van der Waals surface area contributed by atoms with Gasteiger partial charge in [-0.3, -0.25) is 0 Å². The van der Waals surface area contributed by atoms with Crippen molar-refractivity contribution in [1.29, 1.82) is 0 Å². The fourth-order valence-corrected chi connectivity index (χ4v) is 2.47. The fraction of sp³-hybridized carbons (Fsp3) is 1.00. The Morgan fingerprint density at radius 2 is 2.06 bits per heavy atom. The molecule has 0 aromatic rings. The third-order valence-corrected chi connectivity index (χ3v) is 3.61. The van der Waals surface area contributed by atoms with Gasteiger partial charge in [0, 0.05) is 12.6 Å². The van der Waals surface area contributed by atoms with E-state index in [-0.39, 0.29) is 0 Å². The molecular formula is C13H29N3. The predicted molar refractivity (Wildman–Crippen MR) is 70.9 cm³/mol. The van der Waals surface area contributed by atoms with Crippen LogP contribution in [0.5, 0.6) is 0 Å². The first-order valence-electron chi connectivity index (χ1n) is 6.77. The van der Waals surface area contributed by atoms with Gasteiger partial charge < -0.3 is 15.1 Å². The minimum Gasteiger partial charge on any atom is -0.320 e. The first-order chi connectivity index (χ1) is 7.74. The van der Waals surface area contributed by atoms with Gasteiger partial charge in [-0.2, -0.15) is 0 Å². The normalized spacial score (nSPS) is 22.9. The maximum atomic E-state index is 3.21. The van der Waals surface area contributed by atoms with Gasteiger partial charge in [0.1, 0.15) is 0 Å². The molecule has 0 aromatic heterocycles. The first kappa shape index (κ1) is 13.9. The SMILES string of the molecule is CNCCCCCN1CCCC(N(C)C)C1. The van der Waals surface area contributed by atoms with Crippen molar-refractivity contribution >= 4 is 0 Å². The Balaban J connectivity index is 2.07. The predicted octanol–water partition coefficient (Wildman–Crippen LogP) is 1.40. The van der Waals surface area contributed by atoms with E-state index in [4.69, 9.17) is 0 Å². The highest BCUT2D eigenvalue weighted by molar-refractivity contribution is 4.77. The lowest BCUT2D eigenvalue weighted by Gasteiger charge is -2.36. The molecule has 0 aliphatic carbocycles. The average Bonchev–Trinajstić information content (AvgIpc) is 2.29. The van der Waals surface area contributed by atoms with Gasteiger partial charge in [-0.15, -0.1) is 0 Å². The molecule has 1 atom stereocenters. The highest BCUT2D eigenvalue weighted by Crippen LogP contribution is 2.14. The van der Waals surface area contributed by atoms with E-state index in [9.17, 15) is 0 Å². The second-order valence-electron chi connectivity index (χ2n) is 5.22. The van der Waals surface area contributed by atoms with Gasteiger partial charge in [0.25, 0.3) is 0 Å². The Bertz CT molecular complexity index is 171. The Morgan fingerprint density at radius 3 is 2.75 bits per heavy atom. The number of likely N-dealkylation sites (N-methyl/N-ethyl adjacent to an activating group) is 1. The van der Waals surface area contributed by atoms with Gasteiger partial charge in [-0.05, 0) is 66.5 Å². The van der Waals surface area contributed by atoms with E-state index in [0.717, 1.165) is 6.04 Å². The van der Waals surface area contributed by atoms with Gasteiger partial charge in [0.2, 0.25) is 0 Å². The number of hydrogen-bond donors (Lipinski definition) is 1. The maximum absolute atomic E-state index is 3.21. The molecule has 1 N–H and O–H groups in total. The number of nitrogens with zero attached hydrogens (tertiary/aromatic N) is 2. The molecule has 0 saturated carbocycles. The number of nitrogens with one attached hydrogen (secondary N) is 1. The molecule has 0 spiro atoms. The second-order valence-corrected chi connectivity index (χ2v) is 5.22. The van der Waals surface area contributed by atoms with Crippen LogP contribution in [0, 0.1) is 0 Å². The summed E-state index contributed by atoms with van der Waals surface area (Å²) in [6, 6.07) is 0.783. The van der Waals surface area contributed by atoms with E-state index in [1.165, 1.54) is 58.3 Å². The molecule has 16 heavy (non-hydrogen) atoms. The van der Waals surface area contributed by atoms with Crippen molar-refractivity contribution in [2.24, 2.45) is 0 Å². The van der Waals surface area contributed by atoms with Crippen molar-refractivity contribution in [3.8, 4) is 0 Å². The zero-order chi connectivity index (χ0) is 11.8. The van der Waals surface area contributed by atoms with Crippen LogP contribution in [0.4, 0.5) is 0 Å². The summed E-state index contributed by atoms with van der Waals surface area (Å²) in [6.07, 6.45) is 6.80. The minimum atomic E-state index is 0.783. The molecule has 0 radical (unpaired) electrons. The summed E-state index contributed by atoms with van der Waals surface area (Å²) in [5.41, 5.74) is 0. The molecule has 0 aromatic carbocycles. The third kappa shape index (κ3) is 5.28. The molecule has 3 nitrogen and oxygen atoms in total. The summed E-state index contributed by atoms with van der Waals surface area (Å²) in [4.78, 5) is 5.03. The van der Waals surface area contributed by atoms with Crippen LogP contribution in [-0.2, 0) is 0 Å². The van der Waals surface area contributed by atoms with E-state index in [1.54, 1.807) is 0 Å². The van der Waals surface area contributed by atoms with E-state index in [2.05, 4.69) is 29.2 Å². The molecule has 0 amide bonds. The lowest BCUT2D eigenvalue weighted by atomic mass is 10.0. The van der Waals surface area contributed by atoms with E-state index < -0.39 is 0 Å². The highest BCUT2D eigenvalue weighted by atomic mass is 15.2. The van der Waals surface area contributed by atoms with Crippen LogP contribution < -0.4 is 5.32 Å². The Hall–Kier alpha value is -0.120. The smallest absolute Gasteiger partial charge is 0.0217 e. The summed E-state index contributed by atoms with van der Waals surface area (Å²) in [5.74, 6) is 0. The van der Waals surface area contributed by atoms with Gasteiger partial charge in [0.05, 0.1) is 0 Å². The largest absolute Gasteiger partial charge is 0.320 e. The number of piperidine rings is 1. The monoisotopic (exact) mass is 227 g/mol. The van der Waals surface area contributed by atoms with Crippen LogP contribution in [0.15, 0.2) is 0 Å². The summed E-state index contributed by atoms with van der Waals surface area (Å²) >= 11 is 0. The molecule has 0 bridgehead atoms. The molecule has 1 aliphatic rings. The van der Waals surface area contributed by atoms with Crippen molar-refractivity contribution in [2.45, 2.75) is 38.1 Å². The molecule has 1 fully saturated rings.